The number of hydrogen-bond donors (Lipinski definition) is 0. The molecule has 0 unspecified atom stereocenters. The van der Waals surface area contributed by atoms with E-state index < -0.39 is 6.04 Å². The van der Waals surface area contributed by atoms with Gasteiger partial charge in [-0.05, 0) is 31.2 Å². The van der Waals surface area contributed by atoms with Gasteiger partial charge in [-0.15, -0.1) is 0 Å². The number of para-hydroxylation sites is 1. The lowest BCUT2D eigenvalue weighted by Gasteiger charge is -2.12. The molecule has 6 nitrogen and oxygen atoms in total. The first-order valence-electron chi connectivity index (χ1n) is 7.28. The third-order valence-corrected chi connectivity index (χ3v) is 3.75. The second-order valence-electron chi connectivity index (χ2n) is 5.16. The van der Waals surface area contributed by atoms with E-state index in [1.165, 1.54) is 12.1 Å². The minimum absolute atomic E-state index is 0.240. The number of carbonyl (C=O) groups is 1. The molecule has 2 aromatic carbocycles. The van der Waals surface area contributed by atoms with Crippen LogP contribution in [0.25, 0.3) is 0 Å². The van der Waals surface area contributed by atoms with Crippen molar-refractivity contribution in [3.63, 3.8) is 0 Å². The Balaban J connectivity index is 1.84. The van der Waals surface area contributed by atoms with E-state index >= 15 is 0 Å². The van der Waals surface area contributed by atoms with Crippen LogP contribution in [-0.2, 0) is 4.79 Å². The summed E-state index contributed by atoms with van der Waals surface area (Å²) in [6, 6.07) is 13.5. The zero-order valence-electron chi connectivity index (χ0n) is 13.2. The van der Waals surface area contributed by atoms with E-state index in [4.69, 9.17) is 16.3 Å². The zero-order valence-corrected chi connectivity index (χ0v) is 13.9. The van der Waals surface area contributed by atoms with Gasteiger partial charge in [0.05, 0.1) is 18.5 Å². The molecule has 0 radical (unpaired) electrons. The Hall–Kier alpha value is -2.73. The Kier molecular flexibility index (Phi) is 4.57. The van der Waals surface area contributed by atoms with Crippen molar-refractivity contribution in [3.05, 3.63) is 53.6 Å². The van der Waals surface area contributed by atoms with E-state index in [-0.39, 0.29) is 5.91 Å². The topological polar surface area (TPSA) is 66.6 Å². The minimum atomic E-state index is -0.745. The van der Waals surface area contributed by atoms with E-state index in [0.29, 0.717) is 27.9 Å². The molecule has 1 atom stereocenters. The van der Waals surface area contributed by atoms with Crippen molar-refractivity contribution in [2.75, 3.05) is 12.1 Å². The maximum atomic E-state index is 12.6. The lowest BCUT2D eigenvalue weighted by Crippen LogP contribution is -2.29. The smallest absolute Gasteiger partial charge is 0.280 e. The summed E-state index contributed by atoms with van der Waals surface area (Å²) in [4.78, 5) is 12.6. The van der Waals surface area contributed by atoms with Gasteiger partial charge in [0.1, 0.15) is 11.4 Å². The average molecular weight is 343 g/mol. The Morgan fingerprint density at radius 1 is 1.21 bits per heavy atom. The normalized spacial score (nSPS) is 17.5. The van der Waals surface area contributed by atoms with Crippen LogP contribution in [0.3, 0.4) is 0 Å². The Bertz CT molecular complexity index is 821. The van der Waals surface area contributed by atoms with Gasteiger partial charge < -0.3 is 4.74 Å². The third-order valence-electron chi connectivity index (χ3n) is 3.52. The number of benzene rings is 2. The summed E-state index contributed by atoms with van der Waals surface area (Å²) in [6.07, 6.45) is 0. The summed E-state index contributed by atoms with van der Waals surface area (Å²) in [5.41, 5.74) is 1.78. The molecule has 0 saturated heterocycles. The van der Waals surface area contributed by atoms with E-state index in [1.54, 1.807) is 25.1 Å². The number of carbonyl (C=O) groups excluding carboxylic acids is 1. The number of hydrazone groups is 1. The van der Waals surface area contributed by atoms with Crippen LogP contribution in [0.4, 0.5) is 11.4 Å². The van der Waals surface area contributed by atoms with Crippen molar-refractivity contribution in [3.8, 4) is 5.75 Å². The summed E-state index contributed by atoms with van der Waals surface area (Å²) < 4.78 is 5.22. The van der Waals surface area contributed by atoms with Crippen LogP contribution >= 0.6 is 11.6 Å². The first kappa shape index (κ1) is 16.1. The molecule has 1 heterocycles. The molecule has 122 valence electrons. The molecule has 2 aromatic rings. The van der Waals surface area contributed by atoms with Crippen molar-refractivity contribution < 1.29 is 9.53 Å². The predicted octanol–water partition coefficient (Wildman–Crippen LogP) is 4.22. The highest BCUT2D eigenvalue weighted by molar-refractivity contribution is 6.30. The van der Waals surface area contributed by atoms with E-state index in [1.807, 2.05) is 30.3 Å². The average Bonchev–Trinajstić information content (AvgIpc) is 2.89. The summed E-state index contributed by atoms with van der Waals surface area (Å²) >= 11 is 5.92. The van der Waals surface area contributed by atoms with Gasteiger partial charge in [-0.3, -0.25) is 4.79 Å². The molecule has 7 heteroatoms. The molecule has 24 heavy (non-hydrogen) atoms. The Morgan fingerprint density at radius 2 is 1.96 bits per heavy atom. The van der Waals surface area contributed by atoms with Crippen LogP contribution in [0.2, 0.25) is 5.02 Å². The fourth-order valence-electron chi connectivity index (χ4n) is 2.30. The molecule has 0 spiro atoms. The molecule has 1 aliphatic heterocycles. The van der Waals surface area contributed by atoms with Crippen molar-refractivity contribution in [2.24, 2.45) is 15.3 Å². The molecule has 1 aliphatic rings. The molecule has 0 aromatic heterocycles. The van der Waals surface area contributed by atoms with Gasteiger partial charge in [0.25, 0.3) is 5.91 Å². The lowest BCUT2D eigenvalue weighted by atomic mass is 10.2. The van der Waals surface area contributed by atoms with Crippen LogP contribution in [-0.4, -0.2) is 24.8 Å². The van der Waals surface area contributed by atoms with Gasteiger partial charge in [0.2, 0.25) is 0 Å². The minimum Gasteiger partial charge on any atom is -0.494 e. The number of halogens is 1. The van der Waals surface area contributed by atoms with Crippen molar-refractivity contribution >= 4 is 34.6 Å². The van der Waals surface area contributed by atoms with Gasteiger partial charge in [0, 0.05) is 11.1 Å². The van der Waals surface area contributed by atoms with Gasteiger partial charge in [0.15, 0.2) is 6.04 Å². The monoisotopic (exact) mass is 342 g/mol. The first-order valence-corrected chi connectivity index (χ1v) is 7.66. The van der Waals surface area contributed by atoms with Gasteiger partial charge in [-0.2, -0.15) is 20.3 Å². The third kappa shape index (κ3) is 3.14. The second-order valence-corrected chi connectivity index (χ2v) is 5.60. The zero-order chi connectivity index (χ0) is 17.1. The summed E-state index contributed by atoms with van der Waals surface area (Å²) in [5, 5.41) is 14.5. The van der Waals surface area contributed by atoms with Crippen molar-refractivity contribution in [2.45, 2.75) is 13.0 Å². The maximum Gasteiger partial charge on any atom is 0.280 e. The van der Waals surface area contributed by atoms with Crippen molar-refractivity contribution in [1.29, 1.82) is 0 Å². The Morgan fingerprint density at radius 3 is 2.67 bits per heavy atom. The van der Waals surface area contributed by atoms with E-state index in [9.17, 15) is 4.79 Å². The molecule has 3 rings (SSSR count). The molecule has 0 fully saturated rings. The summed E-state index contributed by atoms with van der Waals surface area (Å²) in [6.45, 7) is 1.75. The number of amides is 1. The number of methoxy groups -OCH3 is 1. The molecular weight excluding hydrogens is 328 g/mol. The highest BCUT2D eigenvalue weighted by atomic mass is 35.5. The van der Waals surface area contributed by atoms with Gasteiger partial charge in [-0.1, -0.05) is 29.8 Å². The highest BCUT2D eigenvalue weighted by Gasteiger charge is 2.34. The number of ether oxygens (including phenoxy) is 1. The van der Waals surface area contributed by atoms with Gasteiger partial charge >= 0.3 is 0 Å². The van der Waals surface area contributed by atoms with Crippen LogP contribution in [0, 0.1) is 0 Å². The first-order chi connectivity index (χ1) is 11.6. The molecule has 0 N–H and O–H groups in total. The molecule has 0 aliphatic carbocycles. The fraction of sp³-hybridized carbons (Fsp3) is 0.176. The molecule has 0 bridgehead atoms. The van der Waals surface area contributed by atoms with Crippen LogP contribution in [0.5, 0.6) is 5.75 Å². The lowest BCUT2D eigenvalue weighted by molar-refractivity contribution is -0.117. The molecular formula is C17H15ClN4O2. The number of azo groups is 1. The Labute approximate surface area is 144 Å². The second kappa shape index (κ2) is 6.80. The number of anilines is 1. The fourth-order valence-corrected chi connectivity index (χ4v) is 2.46. The maximum absolute atomic E-state index is 12.6. The number of rotatable bonds is 4. The summed E-state index contributed by atoms with van der Waals surface area (Å²) in [5.74, 6) is 0.251. The number of hydrogen-bond acceptors (Lipinski definition) is 5. The highest BCUT2D eigenvalue weighted by Crippen LogP contribution is 2.31. The standard InChI is InChI=1S/C17H15ClN4O2/c1-11-16(17(23)22(21-11)13-6-4-3-5-7-13)20-19-14-9-8-12(18)10-15(14)24-2/h3-10,16H,1-2H3/t16-/m1/s1. The van der Waals surface area contributed by atoms with Crippen LogP contribution < -0.4 is 9.75 Å². The summed E-state index contributed by atoms with van der Waals surface area (Å²) in [7, 11) is 1.52. The number of nitrogens with zero attached hydrogens (tertiary/aromatic N) is 4. The van der Waals surface area contributed by atoms with Gasteiger partial charge in [-0.25, -0.2) is 0 Å². The largest absolute Gasteiger partial charge is 0.494 e. The van der Waals surface area contributed by atoms with E-state index in [2.05, 4.69) is 15.3 Å². The van der Waals surface area contributed by atoms with Crippen LogP contribution in [0.1, 0.15) is 6.92 Å². The van der Waals surface area contributed by atoms with Crippen LogP contribution in [0.15, 0.2) is 63.9 Å². The molecule has 0 saturated carbocycles. The predicted molar refractivity (Wildman–Crippen MR) is 93.3 cm³/mol. The molecule has 1 amide bonds. The SMILES string of the molecule is COc1cc(Cl)ccc1N=N[C@H]1C(=O)N(c2ccccc2)N=C1C. The van der Waals surface area contributed by atoms with Crippen molar-refractivity contribution in [1.82, 2.24) is 0 Å². The quantitative estimate of drug-likeness (QED) is 0.780. The van der Waals surface area contributed by atoms with E-state index in [0.717, 1.165) is 0 Å².